The van der Waals surface area contributed by atoms with Crippen molar-refractivity contribution in [2.45, 2.75) is 18.1 Å². The van der Waals surface area contributed by atoms with Crippen LogP contribution in [0.3, 0.4) is 0 Å². The molecule has 0 saturated heterocycles. The van der Waals surface area contributed by atoms with Gasteiger partial charge in [0, 0.05) is 23.3 Å². The standard InChI is InChI=1S/C14H16BrNO3S/c1-3-19-9-14(8-16)12(13(14)20(2,17)18)10-4-6-11(15)7-5-10/h4-7,12-13H,3,9H2,1-2H3/t12-,13-,14-/m0/s1. The van der Waals surface area contributed by atoms with Gasteiger partial charge in [-0.1, -0.05) is 28.1 Å². The maximum atomic E-state index is 12.0. The fourth-order valence-electron chi connectivity index (χ4n) is 2.78. The number of nitrogens with zero attached hydrogens (tertiary/aromatic N) is 1. The van der Waals surface area contributed by atoms with E-state index in [0.717, 1.165) is 10.0 Å². The highest BCUT2D eigenvalue weighted by molar-refractivity contribution is 9.10. The van der Waals surface area contributed by atoms with E-state index in [1.807, 2.05) is 31.2 Å². The van der Waals surface area contributed by atoms with Gasteiger partial charge in [0.25, 0.3) is 0 Å². The second-order valence-electron chi connectivity index (χ2n) is 5.07. The van der Waals surface area contributed by atoms with Gasteiger partial charge in [-0.25, -0.2) is 8.42 Å². The number of halogens is 1. The number of rotatable bonds is 5. The monoisotopic (exact) mass is 357 g/mol. The summed E-state index contributed by atoms with van der Waals surface area (Å²) in [5, 5.41) is 8.81. The van der Waals surface area contributed by atoms with Gasteiger partial charge in [0.2, 0.25) is 0 Å². The second kappa shape index (κ2) is 5.47. The van der Waals surface area contributed by atoms with E-state index in [9.17, 15) is 13.7 Å². The van der Waals surface area contributed by atoms with Crippen LogP contribution in [-0.2, 0) is 14.6 Å². The Morgan fingerprint density at radius 2 is 2.00 bits per heavy atom. The first-order valence-corrected chi connectivity index (χ1v) is 9.05. The highest BCUT2D eigenvalue weighted by Gasteiger charge is 2.71. The van der Waals surface area contributed by atoms with Crippen molar-refractivity contribution >= 4 is 25.8 Å². The van der Waals surface area contributed by atoms with E-state index in [1.165, 1.54) is 6.26 Å². The van der Waals surface area contributed by atoms with Gasteiger partial charge >= 0.3 is 0 Å². The fourth-order valence-corrected chi connectivity index (χ4v) is 4.90. The normalized spacial score (nSPS) is 28.9. The van der Waals surface area contributed by atoms with Crippen LogP contribution in [0, 0.1) is 16.7 Å². The fraction of sp³-hybridized carbons (Fsp3) is 0.500. The summed E-state index contributed by atoms with van der Waals surface area (Å²) in [6.45, 7) is 2.45. The molecule has 6 heteroatoms. The molecule has 1 aromatic rings. The SMILES string of the molecule is CCOC[C@@]1(C#N)[C@@H](c2ccc(Br)cc2)[C@@H]1S(C)(=O)=O. The summed E-state index contributed by atoms with van der Waals surface area (Å²) < 4.78 is 30.2. The summed E-state index contributed by atoms with van der Waals surface area (Å²) in [5.41, 5.74) is -0.0953. The van der Waals surface area contributed by atoms with E-state index in [4.69, 9.17) is 4.74 Å². The van der Waals surface area contributed by atoms with Crippen molar-refractivity contribution < 1.29 is 13.2 Å². The Bertz CT molecular complexity index is 635. The van der Waals surface area contributed by atoms with Crippen LogP contribution in [0.1, 0.15) is 18.4 Å². The molecule has 0 amide bonds. The Balaban J connectivity index is 2.40. The molecule has 3 atom stereocenters. The van der Waals surface area contributed by atoms with Gasteiger partial charge in [-0.15, -0.1) is 0 Å². The lowest BCUT2D eigenvalue weighted by molar-refractivity contribution is 0.117. The smallest absolute Gasteiger partial charge is 0.152 e. The number of benzene rings is 1. The van der Waals surface area contributed by atoms with Crippen LogP contribution in [0.15, 0.2) is 28.7 Å². The molecule has 1 aliphatic rings. The van der Waals surface area contributed by atoms with Crippen LogP contribution in [-0.4, -0.2) is 33.1 Å². The van der Waals surface area contributed by atoms with E-state index in [-0.39, 0.29) is 12.5 Å². The molecule has 0 N–H and O–H groups in total. The van der Waals surface area contributed by atoms with Crippen molar-refractivity contribution in [3.8, 4) is 6.07 Å². The predicted molar refractivity (Wildman–Crippen MR) is 80.1 cm³/mol. The highest BCUT2D eigenvalue weighted by atomic mass is 79.9. The lowest BCUT2D eigenvalue weighted by Gasteiger charge is -2.08. The summed E-state index contributed by atoms with van der Waals surface area (Å²) >= 11 is 3.35. The van der Waals surface area contributed by atoms with Crippen LogP contribution in [0.5, 0.6) is 0 Å². The lowest BCUT2D eigenvalue weighted by Crippen LogP contribution is -2.18. The molecule has 108 valence electrons. The van der Waals surface area contributed by atoms with Crippen LogP contribution < -0.4 is 0 Å². The molecule has 1 saturated carbocycles. The molecule has 0 radical (unpaired) electrons. The van der Waals surface area contributed by atoms with Crippen molar-refractivity contribution in [2.75, 3.05) is 19.5 Å². The van der Waals surface area contributed by atoms with Crippen molar-refractivity contribution in [2.24, 2.45) is 5.41 Å². The maximum Gasteiger partial charge on any atom is 0.152 e. The second-order valence-corrected chi connectivity index (χ2v) is 8.15. The summed E-state index contributed by atoms with van der Waals surface area (Å²) in [6, 6.07) is 9.62. The van der Waals surface area contributed by atoms with Crippen molar-refractivity contribution in [1.82, 2.24) is 0 Å². The first-order valence-electron chi connectivity index (χ1n) is 6.30. The molecule has 0 bridgehead atoms. The molecule has 0 aromatic heterocycles. The molecule has 20 heavy (non-hydrogen) atoms. The number of ether oxygens (including phenoxy) is 1. The minimum Gasteiger partial charge on any atom is -0.380 e. The summed E-state index contributed by atoms with van der Waals surface area (Å²) in [4.78, 5) is 0. The minimum atomic E-state index is -3.30. The van der Waals surface area contributed by atoms with E-state index in [2.05, 4.69) is 22.0 Å². The molecule has 1 aromatic carbocycles. The highest BCUT2D eigenvalue weighted by Crippen LogP contribution is 2.62. The van der Waals surface area contributed by atoms with Gasteiger partial charge in [0.1, 0.15) is 5.41 Å². The van der Waals surface area contributed by atoms with Gasteiger partial charge in [-0.2, -0.15) is 5.26 Å². The minimum absolute atomic E-state index is 0.151. The topological polar surface area (TPSA) is 67.2 Å². The van der Waals surface area contributed by atoms with E-state index in [1.54, 1.807) is 0 Å². The zero-order valence-corrected chi connectivity index (χ0v) is 13.7. The van der Waals surface area contributed by atoms with Crippen molar-refractivity contribution in [3.63, 3.8) is 0 Å². The lowest BCUT2D eigenvalue weighted by atomic mass is 10.0. The zero-order chi connectivity index (χ0) is 15.0. The number of nitriles is 1. The van der Waals surface area contributed by atoms with Gasteiger partial charge < -0.3 is 4.74 Å². The van der Waals surface area contributed by atoms with E-state index >= 15 is 0 Å². The Morgan fingerprint density at radius 1 is 1.40 bits per heavy atom. The summed E-state index contributed by atoms with van der Waals surface area (Å²) in [5.74, 6) is -0.317. The first-order chi connectivity index (χ1) is 9.36. The Hall–Kier alpha value is -0.900. The molecule has 0 aliphatic heterocycles. The van der Waals surface area contributed by atoms with Crippen LogP contribution in [0.2, 0.25) is 0 Å². The molecule has 1 aliphatic carbocycles. The largest absolute Gasteiger partial charge is 0.380 e. The predicted octanol–water partition coefficient (Wildman–Crippen LogP) is 2.51. The Kier molecular flexibility index (Phi) is 4.24. The molecule has 0 heterocycles. The van der Waals surface area contributed by atoms with Crippen LogP contribution >= 0.6 is 15.9 Å². The van der Waals surface area contributed by atoms with Crippen LogP contribution in [0.4, 0.5) is 0 Å². The van der Waals surface area contributed by atoms with E-state index in [0.29, 0.717) is 6.61 Å². The van der Waals surface area contributed by atoms with Gasteiger partial charge in [-0.05, 0) is 24.6 Å². The molecular formula is C14H16BrNO3S. The maximum absolute atomic E-state index is 12.0. The molecule has 4 nitrogen and oxygen atoms in total. The Labute approximate surface area is 127 Å². The number of hydrogen-bond acceptors (Lipinski definition) is 4. The first kappa shape index (κ1) is 15.5. The third kappa shape index (κ3) is 2.62. The zero-order valence-electron chi connectivity index (χ0n) is 11.3. The molecule has 2 rings (SSSR count). The quantitative estimate of drug-likeness (QED) is 0.811. The van der Waals surface area contributed by atoms with Gasteiger partial charge in [0.15, 0.2) is 9.84 Å². The van der Waals surface area contributed by atoms with Crippen LogP contribution in [0.25, 0.3) is 0 Å². The molecule has 1 fully saturated rings. The molecular weight excluding hydrogens is 342 g/mol. The number of hydrogen-bond donors (Lipinski definition) is 0. The van der Waals surface area contributed by atoms with E-state index < -0.39 is 20.5 Å². The van der Waals surface area contributed by atoms with Gasteiger partial charge in [-0.3, -0.25) is 0 Å². The summed E-state index contributed by atoms with van der Waals surface area (Å²) in [7, 11) is -3.30. The Morgan fingerprint density at radius 3 is 2.45 bits per heavy atom. The third-order valence-corrected chi connectivity index (χ3v) is 5.84. The van der Waals surface area contributed by atoms with Gasteiger partial charge in [0.05, 0.1) is 17.9 Å². The third-order valence-electron chi connectivity index (χ3n) is 3.70. The number of sulfone groups is 1. The molecule has 0 unspecified atom stereocenters. The summed E-state index contributed by atoms with van der Waals surface area (Å²) in [6.07, 6.45) is 1.19. The van der Waals surface area contributed by atoms with Crippen molar-refractivity contribution in [3.05, 3.63) is 34.3 Å². The van der Waals surface area contributed by atoms with Crippen molar-refractivity contribution in [1.29, 1.82) is 5.26 Å². The average molecular weight is 358 g/mol. The molecule has 0 spiro atoms. The average Bonchev–Trinajstić information content (AvgIpc) is 3.07.